The van der Waals surface area contributed by atoms with E-state index in [2.05, 4.69) is 16.7 Å². The molecule has 16 heavy (non-hydrogen) atoms. The molecular formula is C12H20N2OS. The minimum atomic E-state index is 0.156. The van der Waals surface area contributed by atoms with Crippen LogP contribution in [0.3, 0.4) is 0 Å². The van der Waals surface area contributed by atoms with Crippen LogP contribution in [0.4, 0.5) is 0 Å². The first kappa shape index (κ1) is 12.0. The Morgan fingerprint density at radius 3 is 3.25 bits per heavy atom. The van der Waals surface area contributed by atoms with Gasteiger partial charge >= 0.3 is 0 Å². The lowest BCUT2D eigenvalue weighted by Gasteiger charge is -2.19. The van der Waals surface area contributed by atoms with E-state index in [1.807, 2.05) is 6.92 Å². The van der Waals surface area contributed by atoms with E-state index in [1.165, 1.54) is 24.3 Å². The highest BCUT2D eigenvalue weighted by molar-refractivity contribution is 7.99. The second-order valence-electron chi connectivity index (χ2n) is 4.70. The predicted octanol–water partition coefficient (Wildman–Crippen LogP) is 2.25. The number of hydrogen-bond acceptors (Lipinski definition) is 4. The van der Waals surface area contributed by atoms with Gasteiger partial charge in [0, 0.05) is 18.9 Å². The van der Waals surface area contributed by atoms with Crippen LogP contribution >= 0.6 is 11.8 Å². The summed E-state index contributed by atoms with van der Waals surface area (Å²) >= 11 is 2.05. The summed E-state index contributed by atoms with van der Waals surface area (Å²) in [4.78, 5) is 4.49. The molecule has 0 aromatic carbocycles. The van der Waals surface area contributed by atoms with E-state index < -0.39 is 0 Å². The Hall–Kier alpha value is -0.480. The Balaban J connectivity index is 1.86. The van der Waals surface area contributed by atoms with Gasteiger partial charge in [-0.2, -0.15) is 11.8 Å². The van der Waals surface area contributed by atoms with Crippen molar-refractivity contribution in [1.82, 2.24) is 4.98 Å². The molecule has 1 aromatic heterocycles. The molecule has 1 saturated heterocycles. The smallest absolute Gasteiger partial charge is 0.194 e. The number of rotatable bonds is 4. The molecule has 4 heteroatoms. The van der Waals surface area contributed by atoms with Crippen molar-refractivity contribution in [2.45, 2.75) is 38.6 Å². The molecule has 1 aliphatic heterocycles. The average molecular weight is 240 g/mol. The maximum atomic E-state index is 5.73. The molecule has 1 aromatic rings. The lowest BCUT2D eigenvalue weighted by atomic mass is 10.0. The van der Waals surface area contributed by atoms with E-state index in [9.17, 15) is 0 Å². The highest BCUT2D eigenvalue weighted by atomic mass is 32.2. The van der Waals surface area contributed by atoms with Crippen molar-refractivity contribution >= 4 is 11.8 Å². The summed E-state index contributed by atoms with van der Waals surface area (Å²) in [6.07, 6.45) is 6.21. The van der Waals surface area contributed by atoms with E-state index in [0.29, 0.717) is 0 Å². The van der Waals surface area contributed by atoms with Crippen molar-refractivity contribution in [1.29, 1.82) is 0 Å². The Morgan fingerprint density at radius 2 is 2.56 bits per heavy atom. The van der Waals surface area contributed by atoms with Crippen molar-refractivity contribution in [3.8, 4) is 0 Å². The second-order valence-corrected chi connectivity index (χ2v) is 5.85. The Bertz CT molecular complexity index is 319. The first-order valence-electron chi connectivity index (χ1n) is 6.00. The van der Waals surface area contributed by atoms with Crippen LogP contribution in [0.15, 0.2) is 10.7 Å². The molecule has 3 nitrogen and oxygen atoms in total. The summed E-state index contributed by atoms with van der Waals surface area (Å²) in [5.41, 5.74) is 6.73. The van der Waals surface area contributed by atoms with Gasteiger partial charge in [0.25, 0.3) is 0 Å². The van der Waals surface area contributed by atoms with E-state index in [0.717, 1.165) is 30.3 Å². The molecule has 0 bridgehead atoms. The first-order chi connectivity index (χ1) is 7.74. The van der Waals surface area contributed by atoms with Crippen molar-refractivity contribution in [3.63, 3.8) is 0 Å². The van der Waals surface area contributed by atoms with Crippen molar-refractivity contribution in [2.24, 2.45) is 11.7 Å². The third-order valence-electron chi connectivity index (χ3n) is 2.85. The quantitative estimate of drug-likeness (QED) is 0.877. The highest BCUT2D eigenvalue weighted by Crippen LogP contribution is 2.25. The molecule has 2 rings (SSSR count). The van der Waals surface area contributed by atoms with Crippen LogP contribution in [0.1, 0.15) is 31.4 Å². The molecule has 2 N–H and O–H groups in total. The molecule has 1 aliphatic rings. The van der Waals surface area contributed by atoms with Crippen LogP contribution in [-0.4, -0.2) is 22.5 Å². The van der Waals surface area contributed by atoms with Gasteiger partial charge in [-0.25, -0.2) is 4.98 Å². The summed E-state index contributed by atoms with van der Waals surface area (Å²) in [5, 5.41) is 0. The largest absolute Gasteiger partial charge is 0.449 e. The molecule has 1 fully saturated rings. The van der Waals surface area contributed by atoms with E-state index >= 15 is 0 Å². The SMILES string of the molecule is CC(N)Cc1coc(CC2CCCSC2)n1. The van der Waals surface area contributed by atoms with Crippen LogP contribution in [0.5, 0.6) is 0 Å². The van der Waals surface area contributed by atoms with Crippen molar-refractivity contribution < 1.29 is 4.42 Å². The summed E-state index contributed by atoms with van der Waals surface area (Å²) in [7, 11) is 0. The lowest BCUT2D eigenvalue weighted by Crippen LogP contribution is -2.18. The number of aromatic nitrogens is 1. The van der Waals surface area contributed by atoms with Crippen LogP contribution < -0.4 is 5.73 Å². The second kappa shape index (κ2) is 5.73. The minimum Gasteiger partial charge on any atom is -0.449 e. The topological polar surface area (TPSA) is 52.0 Å². The molecule has 0 aliphatic carbocycles. The van der Waals surface area contributed by atoms with Gasteiger partial charge < -0.3 is 10.2 Å². The maximum Gasteiger partial charge on any atom is 0.194 e. The lowest BCUT2D eigenvalue weighted by molar-refractivity contribution is 0.426. The zero-order valence-corrected chi connectivity index (χ0v) is 10.6. The fourth-order valence-corrected chi connectivity index (χ4v) is 3.24. The Morgan fingerprint density at radius 1 is 1.69 bits per heavy atom. The van der Waals surface area contributed by atoms with Gasteiger partial charge in [-0.05, 0) is 37.2 Å². The third kappa shape index (κ3) is 3.52. The molecule has 0 spiro atoms. The third-order valence-corrected chi connectivity index (χ3v) is 4.13. The molecular weight excluding hydrogens is 220 g/mol. The number of nitrogens with zero attached hydrogens (tertiary/aromatic N) is 1. The van der Waals surface area contributed by atoms with Gasteiger partial charge in [0.2, 0.25) is 0 Å². The van der Waals surface area contributed by atoms with Crippen LogP contribution in [0.25, 0.3) is 0 Å². The number of nitrogens with two attached hydrogens (primary N) is 1. The first-order valence-corrected chi connectivity index (χ1v) is 7.16. The Kier molecular flexibility index (Phi) is 4.29. The van der Waals surface area contributed by atoms with Crippen molar-refractivity contribution in [2.75, 3.05) is 11.5 Å². The van der Waals surface area contributed by atoms with Gasteiger partial charge in [0.1, 0.15) is 6.26 Å². The molecule has 90 valence electrons. The fraction of sp³-hybridized carbons (Fsp3) is 0.750. The zero-order chi connectivity index (χ0) is 11.4. The van der Waals surface area contributed by atoms with E-state index in [4.69, 9.17) is 10.2 Å². The Labute approximate surface area is 101 Å². The van der Waals surface area contributed by atoms with Gasteiger partial charge in [-0.1, -0.05) is 0 Å². The monoisotopic (exact) mass is 240 g/mol. The maximum absolute atomic E-state index is 5.73. The fourth-order valence-electron chi connectivity index (χ4n) is 2.08. The standard InChI is InChI=1S/C12H20N2OS/c1-9(13)5-11-7-15-12(14-11)6-10-3-2-4-16-8-10/h7,9-10H,2-6,8,13H2,1H3. The molecule has 0 saturated carbocycles. The summed E-state index contributed by atoms with van der Waals surface area (Å²) in [6.45, 7) is 1.99. The molecule has 2 unspecified atom stereocenters. The zero-order valence-electron chi connectivity index (χ0n) is 9.82. The van der Waals surface area contributed by atoms with Gasteiger partial charge in [-0.15, -0.1) is 0 Å². The number of hydrogen-bond donors (Lipinski definition) is 1. The molecule has 0 amide bonds. The van der Waals surface area contributed by atoms with Crippen LogP contribution in [0.2, 0.25) is 0 Å². The minimum absolute atomic E-state index is 0.156. The van der Waals surface area contributed by atoms with E-state index in [-0.39, 0.29) is 6.04 Å². The van der Waals surface area contributed by atoms with E-state index in [1.54, 1.807) is 6.26 Å². The summed E-state index contributed by atoms with van der Waals surface area (Å²) < 4.78 is 5.49. The van der Waals surface area contributed by atoms with Gasteiger partial charge in [0.15, 0.2) is 5.89 Å². The summed E-state index contributed by atoms with van der Waals surface area (Å²) in [5.74, 6) is 4.21. The van der Waals surface area contributed by atoms with Crippen LogP contribution in [0, 0.1) is 5.92 Å². The van der Waals surface area contributed by atoms with Gasteiger partial charge in [-0.3, -0.25) is 0 Å². The molecule has 0 radical (unpaired) electrons. The number of oxazole rings is 1. The van der Waals surface area contributed by atoms with Crippen LogP contribution in [-0.2, 0) is 12.8 Å². The average Bonchev–Trinajstić information content (AvgIpc) is 2.66. The normalized spacial score (nSPS) is 23.2. The number of thioether (sulfide) groups is 1. The molecule has 2 atom stereocenters. The van der Waals surface area contributed by atoms with Crippen molar-refractivity contribution in [3.05, 3.63) is 17.8 Å². The van der Waals surface area contributed by atoms with Gasteiger partial charge in [0.05, 0.1) is 5.69 Å². The highest BCUT2D eigenvalue weighted by Gasteiger charge is 2.17. The predicted molar refractivity (Wildman–Crippen MR) is 67.6 cm³/mol. The molecule has 2 heterocycles. The summed E-state index contributed by atoms with van der Waals surface area (Å²) in [6, 6.07) is 0.156.